The zero-order chi connectivity index (χ0) is 79.5. The van der Waals surface area contributed by atoms with E-state index in [0.29, 0.717) is 21.2 Å². The SMILES string of the molecule is CC(C=Cc1ccccc1)=CC(O)C1CC(=O)NC(CO)C(=O)NC2Cn3cnc(c3)CC(NC(=O)CC(O)CC(C(=O)O)NC(=O)CCNC(=O)C(Cc3ccc(Br)cc3)NC(=O)C(C(O)C(N)=O)NC(=O)C(CC(N)=O)NC2=O)C(=O)NC(C(C)O)C(=O)NC(CO)C(=O)NC(Cc2ccccc2)C(=O)N1. The molecule has 15 unspecified atom stereocenters. The standard InChI is InChI=1S/C69H87BrN16O22/c1-34(13-14-36-9-5-3-6-10-36)21-51(91)42-28-55(95)77-49(31-87)65(103)82-48-30-86-29-40(74-33-86)24-45(62(100)84-56(35(2)89)67(105)83-50(32-88)66(104)79-44(61(99)78-42)22-37-11-7-4-8-12-37)75-54(94)26-41(90)25-47(69(107)108)76-53(93)19-20-73-60(98)43(23-38-15-17-39(70)18-16-38)81-68(106)57(58(96)59(72)97)85-63(101)46(27-52(71)92)80-64(48)102/h3-18,21,29,33,35,41-51,56-58,87-91,96H,19-20,22-28,30-32H2,1-2H3,(H2,71,92)(H2,72,97)(H,73,98)(H,75,94)(H,76,93)(H,77,95)(H,78,99)(H,79,104)(H,80,102)(H,81,106)(H,82,103)(H,83,105)(H,84,100)(H,85,101)(H,107,108). The number of nitrogens with two attached hydrogens (primary N) is 2. The van der Waals surface area contributed by atoms with Crippen LogP contribution in [0.25, 0.3) is 6.08 Å². The molecule has 0 spiro atoms. The number of nitrogens with one attached hydrogen (secondary N) is 12. The van der Waals surface area contributed by atoms with Gasteiger partial charge in [-0.1, -0.05) is 113 Å². The topological polar surface area (TPSA) is 612 Å². The smallest absolute Gasteiger partial charge is 0.326 e. The number of primary amides is 2. The highest BCUT2D eigenvalue weighted by Gasteiger charge is 2.40. The maximum atomic E-state index is 14.9. The van der Waals surface area contributed by atoms with Crippen molar-refractivity contribution < 1.29 is 108 Å². The molecule has 4 bridgehead atoms. The van der Waals surface area contributed by atoms with E-state index in [9.17, 15) is 108 Å². The zero-order valence-corrected chi connectivity index (χ0v) is 59.9. The predicted molar refractivity (Wildman–Crippen MR) is 380 cm³/mol. The van der Waals surface area contributed by atoms with Crippen molar-refractivity contribution in [3.63, 3.8) is 0 Å². The number of imidazole rings is 1. The normalized spacial score (nSPS) is 25.5. The number of halogens is 1. The first-order chi connectivity index (χ1) is 51.2. The van der Waals surface area contributed by atoms with Crippen molar-refractivity contribution in [1.29, 1.82) is 0 Å². The molecule has 3 aromatic carbocycles. The zero-order valence-electron chi connectivity index (χ0n) is 58.3. The molecular formula is C69H87BrN16O22. The van der Waals surface area contributed by atoms with Gasteiger partial charge in [-0.05, 0) is 42.7 Å². The van der Waals surface area contributed by atoms with E-state index in [1.165, 1.54) is 18.2 Å². The van der Waals surface area contributed by atoms with Crippen LogP contribution in [-0.4, -0.2) is 245 Å². The molecule has 2 aliphatic rings. The highest BCUT2D eigenvalue weighted by atomic mass is 79.9. The van der Waals surface area contributed by atoms with Crippen LogP contribution < -0.4 is 75.3 Å². The molecule has 2 aliphatic heterocycles. The van der Waals surface area contributed by atoms with Gasteiger partial charge in [0.15, 0.2) is 6.10 Å². The number of aliphatic hydroxyl groups is 6. The maximum absolute atomic E-state index is 14.9. The number of fused-ring (bicyclic) bond motifs is 2. The molecule has 108 heavy (non-hydrogen) atoms. The van der Waals surface area contributed by atoms with Gasteiger partial charge >= 0.3 is 5.97 Å². The number of hydrogen-bond acceptors (Lipinski definition) is 22. The summed E-state index contributed by atoms with van der Waals surface area (Å²) in [5.41, 5.74) is 12.7. The minimum Gasteiger partial charge on any atom is -0.480 e. The Balaban J connectivity index is 1.49. The number of carboxylic acids is 1. The molecule has 0 saturated heterocycles. The van der Waals surface area contributed by atoms with E-state index in [4.69, 9.17) is 11.5 Å². The van der Waals surface area contributed by atoms with Gasteiger partial charge in [-0.25, -0.2) is 9.78 Å². The Morgan fingerprint density at radius 2 is 1.13 bits per heavy atom. The Morgan fingerprint density at radius 3 is 1.75 bits per heavy atom. The van der Waals surface area contributed by atoms with E-state index in [-0.39, 0.29) is 18.5 Å². The van der Waals surface area contributed by atoms with Gasteiger partial charge in [0.25, 0.3) is 0 Å². The average Bonchev–Trinajstić information content (AvgIpc) is 1.08. The van der Waals surface area contributed by atoms with Gasteiger partial charge < -0.3 is 116 Å². The lowest BCUT2D eigenvalue weighted by Crippen LogP contribution is -2.63. The first kappa shape index (κ1) is 85.6. The second kappa shape index (κ2) is 41.5. The number of allylic oxidation sites excluding steroid dienone is 2. The summed E-state index contributed by atoms with van der Waals surface area (Å²) in [6.07, 6.45) is -7.79. The van der Waals surface area contributed by atoms with Crippen molar-refractivity contribution in [3.8, 4) is 0 Å². The molecule has 0 fully saturated rings. The van der Waals surface area contributed by atoms with Crippen LogP contribution >= 0.6 is 15.9 Å². The number of benzene rings is 3. The van der Waals surface area contributed by atoms with Crippen LogP contribution in [-0.2, 0) is 97.7 Å². The largest absolute Gasteiger partial charge is 0.480 e. The number of carbonyl (C=O) groups is 15. The molecule has 39 heteroatoms. The van der Waals surface area contributed by atoms with E-state index in [2.05, 4.69) is 79.4 Å². The molecular weight excluding hydrogens is 1480 g/mol. The summed E-state index contributed by atoms with van der Waals surface area (Å²) in [6.45, 7) is -1.28. The number of aliphatic carboxylic acids is 1. The van der Waals surface area contributed by atoms with Crippen molar-refractivity contribution in [2.24, 2.45) is 11.5 Å². The lowest BCUT2D eigenvalue weighted by Gasteiger charge is -2.28. The molecule has 0 saturated carbocycles. The van der Waals surface area contributed by atoms with Gasteiger partial charge in [-0.3, -0.25) is 67.1 Å². The summed E-state index contributed by atoms with van der Waals surface area (Å²) < 4.78 is 1.63. The van der Waals surface area contributed by atoms with Gasteiger partial charge in [0.2, 0.25) is 82.7 Å². The Morgan fingerprint density at radius 1 is 0.593 bits per heavy atom. The summed E-state index contributed by atoms with van der Waals surface area (Å²) in [6, 6.07) is 1.08. The second-order valence-electron chi connectivity index (χ2n) is 25.5. The molecule has 6 rings (SSSR count). The van der Waals surface area contributed by atoms with Crippen LogP contribution in [0.2, 0.25) is 0 Å². The molecule has 0 aliphatic carbocycles. The Labute approximate surface area is 624 Å². The molecule has 1 aromatic heterocycles. The van der Waals surface area contributed by atoms with Crippen molar-refractivity contribution in [2.75, 3.05) is 19.8 Å². The number of aromatic nitrogens is 2. The molecule has 38 nitrogen and oxygen atoms in total. The summed E-state index contributed by atoms with van der Waals surface area (Å²) in [7, 11) is 0. The van der Waals surface area contributed by atoms with Crippen LogP contribution in [0.1, 0.15) is 68.3 Å². The number of carboxylic acid groups (broad SMARTS) is 1. The third kappa shape index (κ3) is 27.2. The van der Waals surface area contributed by atoms with Crippen molar-refractivity contribution in [2.45, 2.75) is 163 Å². The summed E-state index contributed by atoms with van der Waals surface area (Å²) >= 11 is 3.28. The lowest BCUT2D eigenvalue weighted by atomic mass is 10.0. The van der Waals surface area contributed by atoms with Crippen molar-refractivity contribution in [3.05, 3.63) is 142 Å². The fourth-order valence-corrected chi connectivity index (χ4v) is 11.3. The fraction of sp³-hybridized carbons (Fsp3) is 0.420. The van der Waals surface area contributed by atoms with Gasteiger partial charge in [0, 0.05) is 55.7 Å². The third-order valence-corrected chi connectivity index (χ3v) is 17.3. The summed E-state index contributed by atoms with van der Waals surface area (Å²) in [5.74, 6) is -20.1. The summed E-state index contributed by atoms with van der Waals surface area (Å²) in [4.78, 5) is 214. The lowest BCUT2D eigenvalue weighted by molar-refractivity contribution is -0.143. The second-order valence-corrected chi connectivity index (χ2v) is 26.4. The maximum Gasteiger partial charge on any atom is 0.326 e. The fourth-order valence-electron chi connectivity index (χ4n) is 11.0. The monoisotopic (exact) mass is 1570 g/mol. The van der Waals surface area contributed by atoms with Gasteiger partial charge in [0.05, 0.1) is 69.0 Å². The van der Waals surface area contributed by atoms with Crippen LogP contribution in [0.15, 0.2) is 120 Å². The first-order valence-electron chi connectivity index (χ1n) is 33.7. The highest BCUT2D eigenvalue weighted by molar-refractivity contribution is 9.10. The Hall–Kier alpha value is -11.4. The highest BCUT2D eigenvalue weighted by Crippen LogP contribution is 2.17. The van der Waals surface area contributed by atoms with E-state index in [1.807, 2.05) is 5.32 Å². The minimum atomic E-state index is -2.65. The van der Waals surface area contributed by atoms with Gasteiger partial charge in [0.1, 0.15) is 60.4 Å². The molecule has 582 valence electrons. The molecule has 4 aromatic rings. The molecule has 23 N–H and O–H groups in total. The van der Waals surface area contributed by atoms with Gasteiger partial charge in [-0.2, -0.15) is 0 Å². The quantitative estimate of drug-likeness (QED) is 0.0463. The van der Waals surface area contributed by atoms with E-state index in [1.54, 1.807) is 91.9 Å². The molecule has 15 atom stereocenters. The molecule has 3 heterocycles. The number of hydrogen-bond donors (Lipinski definition) is 21. The van der Waals surface area contributed by atoms with Crippen LogP contribution in [0.5, 0.6) is 0 Å². The number of aliphatic hydroxyl groups excluding tert-OH is 6. The first-order valence-corrected chi connectivity index (χ1v) is 34.5. The van der Waals surface area contributed by atoms with Crippen molar-refractivity contribution >= 4 is 111 Å². The summed E-state index contributed by atoms with van der Waals surface area (Å²) in [5, 5.41) is 104. The van der Waals surface area contributed by atoms with Crippen LogP contribution in [0, 0.1) is 0 Å². The number of nitrogens with zero attached hydrogens (tertiary/aromatic N) is 2. The Kier molecular flexibility index (Phi) is 32.9. The third-order valence-electron chi connectivity index (χ3n) is 16.7. The van der Waals surface area contributed by atoms with E-state index >= 15 is 0 Å². The predicted octanol–water partition coefficient (Wildman–Crippen LogP) is -7.74. The van der Waals surface area contributed by atoms with Crippen molar-refractivity contribution in [1.82, 2.24) is 73.4 Å². The number of carbonyl (C=O) groups excluding carboxylic acids is 14. The van der Waals surface area contributed by atoms with Crippen LogP contribution in [0.3, 0.4) is 0 Å². The number of amides is 14. The van der Waals surface area contributed by atoms with E-state index in [0.717, 1.165) is 29.6 Å². The average molecular weight is 1570 g/mol. The minimum absolute atomic E-state index is 0.204. The molecule has 14 amide bonds. The van der Waals surface area contributed by atoms with Gasteiger partial charge in [-0.15, -0.1) is 0 Å². The molecule has 0 radical (unpaired) electrons. The Bertz CT molecular complexity index is 3960. The van der Waals surface area contributed by atoms with Crippen LogP contribution in [0.4, 0.5) is 0 Å². The number of rotatable bonds is 16. The van der Waals surface area contributed by atoms with E-state index < -0.39 is 244 Å².